The lowest BCUT2D eigenvalue weighted by molar-refractivity contribution is 0.0822. The highest BCUT2D eigenvalue weighted by Gasteiger charge is 2.32. The third-order valence-electron chi connectivity index (χ3n) is 7.55. The second kappa shape index (κ2) is 11.7. The van der Waals surface area contributed by atoms with E-state index in [1.165, 1.54) is 16.0 Å². The van der Waals surface area contributed by atoms with Gasteiger partial charge in [-0.25, -0.2) is 9.97 Å². The van der Waals surface area contributed by atoms with Crippen LogP contribution in [-0.2, 0) is 0 Å². The Bertz CT molecular complexity index is 1420. The first-order valence-electron chi connectivity index (χ1n) is 13.6. The number of pyridine rings is 1. The third kappa shape index (κ3) is 5.24. The number of anilines is 1. The summed E-state index contributed by atoms with van der Waals surface area (Å²) in [6.07, 6.45) is 5.28. The molecule has 3 heterocycles. The van der Waals surface area contributed by atoms with Crippen LogP contribution in [0.2, 0.25) is 5.02 Å². The molecule has 1 amide bonds. The quantitative estimate of drug-likeness (QED) is 0.300. The van der Waals surface area contributed by atoms with Crippen molar-refractivity contribution in [3.8, 4) is 16.9 Å². The van der Waals surface area contributed by atoms with Gasteiger partial charge in [0, 0.05) is 54.1 Å². The Morgan fingerprint density at radius 3 is 2.44 bits per heavy atom. The lowest BCUT2D eigenvalue weighted by atomic mass is 9.89. The summed E-state index contributed by atoms with van der Waals surface area (Å²) in [6.45, 7) is 13.9. The molecule has 4 rings (SSSR count). The minimum atomic E-state index is -0.143. The maximum atomic E-state index is 12.4. The van der Waals surface area contributed by atoms with Crippen molar-refractivity contribution in [1.82, 2.24) is 19.9 Å². The molecule has 0 radical (unpaired) electrons. The number of nitrogens with zero attached hydrogens (tertiary/aromatic N) is 5. The van der Waals surface area contributed by atoms with Gasteiger partial charge in [-0.1, -0.05) is 31.5 Å². The summed E-state index contributed by atoms with van der Waals surface area (Å²) in [5, 5.41) is 0.653. The molecule has 1 aliphatic rings. The molecule has 0 saturated carbocycles. The molecule has 0 fully saturated rings. The number of hydrogen-bond donors (Lipinski definition) is 0. The Morgan fingerprint density at radius 1 is 1.10 bits per heavy atom. The number of aryl methyl sites for hydroxylation is 1. The molecule has 0 saturated heterocycles. The van der Waals surface area contributed by atoms with E-state index in [0.717, 1.165) is 64.5 Å². The summed E-state index contributed by atoms with van der Waals surface area (Å²) in [4.78, 5) is 30.0. The number of allylic oxidation sites excluding steroid dienone is 1. The van der Waals surface area contributed by atoms with Gasteiger partial charge in [-0.05, 0) is 69.4 Å². The number of benzene rings is 1. The molecule has 0 bridgehead atoms. The van der Waals surface area contributed by atoms with E-state index in [-0.39, 0.29) is 11.9 Å². The van der Waals surface area contributed by atoms with Gasteiger partial charge in [-0.2, -0.15) is 0 Å². The van der Waals surface area contributed by atoms with Crippen molar-refractivity contribution in [2.45, 2.75) is 60.4 Å². The van der Waals surface area contributed by atoms with Gasteiger partial charge in [0.25, 0.3) is 5.91 Å². The van der Waals surface area contributed by atoms with Gasteiger partial charge >= 0.3 is 0 Å². The molecular formula is C31H38ClN5O2. The van der Waals surface area contributed by atoms with Gasteiger partial charge in [0.15, 0.2) is 0 Å². The van der Waals surface area contributed by atoms with Crippen LogP contribution in [0.15, 0.2) is 36.3 Å². The van der Waals surface area contributed by atoms with Crippen molar-refractivity contribution >= 4 is 28.9 Å². The normalized spacial score (nSPS) is 13.8. The fourth-order valence-electron chi connectivity index (χ4n) is 5.42. The van der Waals surface area contributed by atoms with Crippen LogP contribution in [-0.4, -0.2) is 53.0 Å². The van der Waals surface area contributed by atoms with Gasteiger partial charge in [0.2, 0.25) is 0 Å². The van der Waals surface area contributed by atoms with E-state index in [1.54, 1.807) is 32.7 Å². The second-order valence-corrected chi connectivity index (χ2v) is 10.5. The predicted octanol–water partition coefficient (Wildman–Crippen LogP) is 7.06. The average molecular weight is 548 g/mol. The molecule has 0 aliphatic carbocycles. The fourth-order valence-corrected chi connectivity index (χ4v) is 5.64. The van der Waals surface area contributed by atoms with Crippen molar-refractivity contribution in [2.24, 2.45) is 0 Å². The zero-order valence-electron chi connectivity index (χ0n) is 24.2. The van der Waals surface area contributed by atoms with Crippen LogP contribution in [0.25, 0.3) is 16.7 Å². The van der Waals surface area contributed by atoms with Crippen LogP contribution < -0.4 is 9.64 Å². The highest BCUT2D eigenvalue weighted by molar-refractivity contribution is 6.32. The smallest absolute Gasteiger partial charge is 0.271 e. The van der Waals surface area contributed by atoms with Crippen molar-refractivity contribution in [1.29, 1.82) is 0 Å². The minimum Gasteiger partial charge on any atom is -0.493 e. The van der Waals surface area contributed by atoms with Gasteiger partial charge in [0.1, 0.15) is 23.6 Å². The zero-order valence-corrected chi connectivity index (χ0v) is 25.0. The van der Waals surface area contributed by atoms with Crippen molar-refractivity contribution in [3.63, 3.8) is 0 Å². The van der Waals surface area contributed by atoms with Gasteiger partial charge in [-0.3, -0.25) is 9.78 Å². The molecule has 206 valence electrons. The third-order valence-corrected chi connectivity index (χ3v) is 7.94. The molecule has 0 N–H and O–H groups in total. The number of amides is 1. The number of hydrogen-bond acceptors (Lipinski definition) is 6. The van der Waals surface area contributed by atoms with Crippen LogP contribution in [0, 0.1) is 13.8 Å². The molecule has 7 nitrogen and oxygen atoms in total. The fraction of sp³-hybridized carbons (Fsp3) is 0.419. The first-order valence-corrected chi connectivity index (χ1v) is 14.0. The van der Waals surface area contributed by atoms with E-state index in [0.29, 0.717) is 17.3 Å². The number of halogens is 1. The van der Waals surface area contributed by atoms with Crippen molar-refractivity contribution in [2.75, 3.05) is 32.1 Å². The zero-order chi connectivity index (χ0) is 28.4. The van der Waals surface area contributed by atoms with Gasteiger partial charge < -0.3 is 14.5 Å². The molecule has 3 aromatic rings. The number of aromatic nitrogens is 3. The summed E-state index contributed by atoms with van der Waals surface area (Å²) in [5.74, 6) is 1.57. The van der Waals surface area contributed by atoms with E-state index in [1.807, 2.05) is 26.0 Å². The van der Waals surface area contributed by atoms with E-state index in [2.05, 4.69) is 42.6 Å². The van der Waals surface area contributed by atoms with Crippen molar-refractivity contribution in [3.05, 3.63) is 69.4 Å². The molecule has 1 atom stereocenters. The summed E-state index contributed by atoms with van der Waals surface area (Å²) in [6, 6.07) is 5.60. The molecule has 39 heavy (non-hydrogen) atoms. The first kappa shape index (κ1) is 28.6. The lowest BCUT2D eigenvalue weighted by Crippen LogP contribution is -2.34. The monoisotopic (exact) mass is 547 g/mol. The van der Waals surface area contributed by atoms with Crippen molar-refractivity contribution < 1.29 is 9.53 Å². The van der Waals surface area contributed by atoms with E-state index in [4.69, 9.17) is 21.3 Å². The average Bonchev–Trinajstić information content (AvgIpc) is 2.93. The molecule has 1 aromatic carbocycles. The number of carbonyl (C=O) groups excluding carboxylic acids is 1. The summed E-state index contributed by atoms with van der Waals surface area (Å²) < 4.78 is 6.36. The topological polar surface area (TPSA) is 71.5 Å². The molecular weight excluding hydrogens is 510 g/mol. The predicted molar refractivity (Wildman–Crippen MR) is 159 cm³/mol. The molecule has 1 aliphatic heterocycles. The number of fused-ring (bicyclic) bond motifs is 1. The lowest BCUT2D eigenvalue weighted by Gasteiger charge is -2.38. The maximum absolute atomic E-state index is 12.4. The molecule has 1 unspecified atom stereocenters. The Hall–Kier alpha value is -3.45. The standard InChI is InChI=1S/C31H38ClN5O2/c1-9-21-16-37(30-28(23(21)10-2)19(5)34-17-35-30)20(6)24-14-25(32)18(4)27(29(24)39-11-3)22-12-13-26(33-15-22)31(38)36(7)8/h12-15,17,20H,9-11,16H2,1-8H3. The van der Waals surface area contributed by atoms with Gasteiger partial charge in [0.05, 0.1) is 18.3 Å². The molecule has 0 spiro atoms. The Labute approximate surface area is 236 Å². The second-order valence-electron chi connectivity index (χ2n) is 10.1. The summed E-state index contributed by atoms with van der Waals surface area (Å²) in [7, 11) is 3.43. The van der Waals surface area contributed by atoms with Gasteiger partial charge in [-0.15, -0.1) is 0 Å². The molecule has 8 heteroatoms. The maximum Gasteiger partial charge on any atom is 0.271 e. The number of ether oxygens (including phenoxy) is 1. The van der Waals surface area contributed by atoms with Crippen LogP contribution in [0.3, 0.4) is 0 Å². The number of rotatable bonds is 8. The summed E-state index contributed by atoms with van der Waals surface area (Å²) in [5.41, 5.74) is 8.89. The van der Waals surface area contributed by atoms with E-state index >= 15 is 0 Å². The first-order chi connectivity index (χ1) is 18.6. The van der Waals surface area contributed by atoms with Crippen LogP contribution in [0.5, 0.6) is 5.75 Å². The van der Waals surface area contributed by atoms with Crippen LogP contribution >= 0.6 is 11.6 Å². The Morgan fingerprint density at radius 2 is 1.85 bits per heavy atom. The SMILES string of the molecule is CCOc1c(C(C)N2CC(CC)=C(CC)c3c(C)ncnc32)cc(Cl)c(C)c1-c1ccc(C(=O)N(C)C)nc1. The Balaban J connectivity index is 1.88. The van der Waals surface area contributed by atoms with Crippen LogP contribution in [0.4, 0.5) is 5.82 Å². The molecule has 2 aromatic heterocycles. The highest BCUT2D eigenvalue weighted by atomic mass is 35.5. The Kier molecular flexibility index (Phi) is 8.60. The van der Waals surface area contributed by atoms with E-state index in [9.17, 15) is 4.79 Å². The minimum absolute atomic E-state index is 0.0843. The van der Waals surface area contributed by atoms with Crippen LogP contribution in [0.1, 0.15) is 79.5 Å². The number of carbonyl (C=O) groups is 1. The van der Waals surface area contributed by atoms with E-state index < -0.39 is 0 Å². The largest absolute Gasteiger partial charge is 0.493 e. The highest BCUT2D eigenvalue weighted by Crippen LogP contribution is 2.47. The summed E-state index contributed by atoms with van der Waals surface area (Å²) >= 11 is 6.88.